The second-order valence-corrected chi connectivity index (χ2v) is 9.95. The molecule has 1 unspecified atom stereocenters. The number of amides is 2. The lowest BCUT2D eigenvalue weighted by atomic mass is 9.97. The van der Waals surface area contributed by atoms with Crippen LogP contribution in [0.15, 0.2) is 45.9 Å². The number of furan rings is 1. The number of carbonyl (C=O) groups excluding carboxylic acids is 2. The van der Waals surface area contributed by atoms with Crippen molar-refractivity contribution < 1.29 is 22.4 Å². The summed E-state index contributed by atoms with van der Waals surface area (Å²) in [4.78, 5) is 24.6. The van der Waals surface area contributed by atoms with Crippen molar-refractivity contribution in [2.45, 2.75) is 37.2 Å². The van der Waals surface area contributed by atoms with Crippen molar-refractivity contribution in [2.75, 3.05) is 13.1 Å². The van der Waals surface area contributed by atoms with E-state index in [1.165, 1.54) is 22.7 Å². The smallest absolute Gasteiger partial charge is 0.246 e. The summed E-state index contributed by atoms with van der Waals surface area (Å²) in [6.07, 6.45) is 2.17. The fourth-order valence-corrected chi connectivity index (χ4v) is 5.91. The third kappa shape index (κ3) is 5.60. The fourth-order valence-electron chi connectivity index (χ4n) is 3.35. The van der Waals surface area contributed by atoms with E-state index in [4.69, 9.17) is 27.6 Å². The van der Waals surface area contributed by atoms with Crippen molar-refractivity contribution in [1.29, 1.82) is 0 Å². The molecular formula is C20H23Cl2N3O5S. The van der Waals surface area contributed by atoms with Gasteiger partial charge in [-0.15, -0.1) is 0 Å². The van der Waals surface area contributed by atoms with Gasteiger partial charge in [0.05, 0.1) is 22.9 Å². The third-order valence-electron chi connectivity index (χ3n) is 5.11. The van der Waals surface area contributed by atoms with Crippen LogP contribution in [0.3, 0.4) is 0 Å². The van der Waals surface area contributed by atoms with Gasteiger partial charge >= 0.3 is 0 Å². The van der Waals surface area contributed by atoms with Gasteiger partial charge in [0.15, 0.2) is 0 Å². The van der Waals surface area contributed by atoms with Crippen LogP contribution in [-0.4, -0.2) is 43.7 Å². The highest BCUT2D eigenvalue weighted by Crippen LogP contribution is 2.33. The van der Waals surface area contributed by atoms with E-state index in [0.717, 1.165) is 0 Å². The van der Waals surface area contributed by atoms with Crippen LogP contribution in [0.1, 0.15) is 25.5 Å². The summed E-state index contributed by atoms with van der Waals surface area (Å²) in [6.45, 7) is 2.13. The van der Waals surface area contributed by atoms with E-state index in [1.54, 1.807) is 25.1 Å². The second-order valence-electron chi connectivity index (χ2n) is 7.26. The van der Waals surface area contributed by atoms with E-state index < -0.39 is 22.0 Å². The minimum atomic E-state index is -3.87. The standard InChI is InChI=1S/C20H23Cl2N3O5S/c1-13(19(26)23-12-15-4-3-11-30-15)24-20(27)14-7-9-25(10-8-14)31(28,29)18-16(21)5-2-6-17(18)22/h2-6,11,13-14H,7-10,12H2,1H3,(H,23,26)(H,24,27). The van der Waals surface area contributed by atoms with E-state index in [9.17, 15) is 18.0 Å². The predicted octanol–water partition coefficient (Wildman–Crippen LogP) is 2.81. The molecule has 1 aliphatic heterocycles. The number of nitrogens with zero attached hydrogens (tertiary/aromatic N) is 1. The zero-order chi connectivity index (χ0) is 22.6. The summed E-state index contributed by atoms with van der Waals surface area (Å²) >= 11 is 12.1. The molecule has 11 heteroatoms. The van der Waals surface area contributed by atoms with Crippen molar-refractivity contribution in [3.8, 4) is 0 Å². The molecule has 1 atom stereocenters. The number of nitrogens with one attached hydrogen (secondary N) is 2. The zero-order valence-electron chi connectivity index (χ0n) is 16.8. The minimum absolute atomic E-state index is 0.0572. The first-order chi connectivity index (χ1) is 14.7. The average Bonchev–Trinajstić information content (AvgIpc) is 3.25. The van der Waals surface area contributed by atoms with Crippen molar-refractivity contribution in [2.24, 2.45) is 5.92 Å². The monoisotopic (exact) mass is 487 g/mol. The van der Waals surface area contributed by atoms with Crippen LogP contribution in [0.4, 0.5) is 0 Å². The summed E-state index contributed by atoms with van der Waals surface area (Å²) in [5.41, 5.74) is 0. The van der Waals surface area contributed by atoms with Crippen molar-refractivity contribution in [3.05, 3.63) is 52.4 Å². The molecule has 1 fully saturated rings. The zero-order valence-corrected chi connectivity index (χ0v) is 19.1. The van der Waals surface area contributed by atoms with Gasteiger partial charge in [-0.3, -0.25) is 9.59 Å². The molecule has 0 aliphatic carbocycles. The lowest BCUT2D eigenvalue weighted by molar-refractivity contribution is -0.131. The van der Waals surface area contributed by atoms with Crippen molar-refractivity contribution >= 4 is 45.0 Å². The molecule has 2 N–H and O–H groups in total. The Balaban J connectivity index is 1.53. The van der Waals surface area contributed by atoms with E-state index >= 15 is 0 Å². The Bertz CT molecular complexity index is 1010. The van der Waals surface area contributed by atoms with Crippen molar-refractivity contribution in [3.63, 3.8) is 0 Å². The third-order valence-corrected chi connectivity index (χ3v) is 7.97. The summed E-state index contributed by atoms with van der Waals surface area (Å²) in [7, 11) is -3.87. The van der Waals surface area contributed by atoms with E-state index in [1.807, 2.05) is 0 Å². The van der Waals surface area contributed by atoms with Gasteiger partial charge in [-0.2, -0.15) is 4.31 Å². The molecule has 1 aromatic carbocycles. The molecule has 0 radical (unpaired) electrons. The SMILES string of the molecule is CC(NC(=O)C1CCN(S(=O)(=O)c2c(Cl)cccc2Cl)CC1)C(=O)NCc1ccco1. The minimum Gasteiger partial charge on any atom is -0.467 e. The summed E-state index contributed by atoms with van der Waals surface area (Å²) in [6, 6.07) is 7.25. The number of hydrogen-bond donors (Lipinski definition) is 2. The first-order valence-electron chi connectivity index (χ1n) is 9.74. The summed E-state index contributed by atoms with van der Waals surface area (Å²) < 4.78 is 32.3. The Morgan fingerprint density at radius 3 is 2.39 bits per heavy atom. The molecule has 8 nitrogen and oxygen atoms in total. The predicted molar refractivity (Wildman–Crippen MR) is 116 cm³/mol. The lowest BCUT2D eigenvalue weighted by Crippen LogP contribution is -2.49. The maximum absolute atomic E-state index is 12.9. The molecule has 2 heterocycles. The van der Waals surface area contributed by atoms with Crippen LogP contribution in [0.5, 0.6) is 0 Å². The van der Waals surface area contributed by atoms with Crippen LogP contribution in [0, 0.1) is 5.92 Å². The molecule has 1 aliphatic rings. The fraction of sp³-hybridized carbons (Fsp3) is 0.400. The maximum Gasteiger partial charge on any atom is 0.246 e. The highest BCUT2D eigenvalue weighted by molar-refractivity contribution is 7.89. The number of rotatable bonds is 7. The van der Waals surface area contributed by atoms with Gasteiger partial charge in [-0.1, -0.05) is 29.3 Å². The number of hydrogen-bond acceptors (Lipinski definition) is 5. The van der Waals surface area contributed by atoms with E-state index in [-0.39, 0.29) is 46.4 Å². The molecular weight excluding hydrogens is 465 g/mol. The molecule has 2 amide bonds. The van der Waals surface area contributed by atoms with Gasteiger partial charge in [-0.05, 0) is 44.0 Å². The number of halogens is 2. The van der Waals surface area contributed by atoms with Gasteiger partial charge < -0.3 is 15.1 Å². The molecule has 3 rings (SSSR count). The largest absolute Gasteiger partial charge is 0.467 e. The molecule has 0 saturated carbocycles. The first kappa shape index (κ1) is 23.6. The van der Waals surface area contributed by atoms with Crippen LogP contribution < -0.4 is 10.6 Å². The first-order valence-corrected chi connectivity index (χ1v) is 11.9. The van der Waals surface area contributed by atoms with Crippen LogP contribution >= 0.6 is 23.2 Å². The Morgan fingerprint density at radius 1 is 1.16 bits per heavy atom. The van der Waals surface area contributed by atoms with Gasteiger partial charge in [-0.25, -0.2) is 8.42 Å². The van der Waals surface area contributed by atoms with E-state index in [2.05, 4.69) is 10.6 Å². The highest BCUT2D eigenvalue weighted by atomic mass is 35.5. The van der Waals surface area contributed by atoms with Crippen LogP contribution in [-0.2, 0) is 26.2 Å². The highest BCUT2D eigenvalue weighted by Gasteiger charge is 2.35. The summed E-state index contributed by atoms with van der Waals surface area (Å²) in [5.74, 6) is -0.404. The second kappa shape index (κ2) is 10.0. The molecule has 1 saturated heterocycles. The number of benzene rings is 1. The van der Waals surface area contributed by atoms with Crippen molar-refractivity contribution in [1.82, 2.24) is 14.9 Å². The van der Waals surface area contributed by atoms with E-state index in [0.29, 0.717) is 18.6 Å². The Labute approximate surface area is 190 Å². The van der Waals surface area contributed by atoms with Gasteiger partial charge in [0, 0.05) is 19.0 Å². The quantitative estimate of drug-likeness (QED) is 0.623. The number of sulfonamides is 1. The molecule has 31 heavy (non-hydrogen) atoms. The summed E-state index contributed by atoms with van der Waals surface area (Å²) in [5, 5.41) is 5.49. The lowest BCUT2D eigenvalue weighted by Gasteiger charge is -2.31. The Morgan fingerprint density at radius 2 is 1.81 bits per heavy atom. The van der Waals surface area contributed by atoms with Gasteiger partial charge in [0.25, 0.3) is 0 Å². The van der Waals surface area contributed by atoms with Gasteiger partial charge in [0.1, 0.15) is 16.7 Å². The molecule has 168 valence electrons. The number of carbonyl (C=O) groups is 2. The molecule has 0 spiro atoms. The average molecular weight is 488 g/mol. The van der Waals surface area contributed by atoms with Crippen LogP contribution in [0.2, 0.25) is 10.0 Å². The molecule has 1 aromatic heterocycles. The molecule has 2 aromatic rings. The normalized spacial score (nSPS) is 16.6. The van der Waals surface area contributed by atoms with Gasteiger partial charge in [0.2, 0.25) is 21.8 Å². The molecule has 0 bridgehead atoms. The topological polar surface area (TPSA) is 109 Å². The Hall–Kier alpha value is -2.07. The Kier molecular flexibility index (Phi) is 7.64. The van der Waals surface area contributed by atoms with Crippen LogP contribution in [0.25, 0.3) is 0 Å². The maximum atomic E-state index is 12.9. The number of piperidine rings is 1.